The van der Waals surface area contributed by atoms with Gasteiger partial charge in [0.05, 0.1) is 29.4 Å². The number of nitrogens with one attached hydrogen (secondary N) is 3. The van der Waals surface area contributed by atoms with E-state index in [0.29, 0.717) is 62.3 Å². The second-order valence-corrected chi connectivity index (χ2v) is 9.52. The molecule has 0 saturated carbocycles. The summed E-state index contributed by atoms with van der Waals surface area (Å²) in [7, 11) is 5.41. The summed E-state index contributed by atoms with van der Waals surface area (Å²) in [5.74, 6) is 0.254. The van der Waals surface area contributed by atoms with E-state index in [4.69, 9.17) is 27.9 Å². The number of carbonyl (C=O) groups is 1. The van der Waals surface area contributed by atoms with E-state index in [0.717, 1.165) is 12.1 Å². The Hall–Kier alpha value is -3.59. The number of ether oxygens (including phenoxy) is 1. The molecule has 37 heavy (non-hydrogen) atoms. The predicted molar refractivity (Wildman–Crippen MR) is 149 cm³/mol. The van der Waals surface area contributed by atoms with Crippen molar-refractivity contribution < 1.29 is 9.53 Å². The maximum Gasteiger partial charge on any atom is 0.259 e. The molecule has 1 amide bonds. The van der Waals surface area contributed by atoms with Crippen molar-refractivity contribution in [2.45, 2.75) is 6.42 Å². The van der Waals surface area contributed by atoms with Crippen LogP contribution in [0.5, 0.6) is 5.75 Å². The van der Waals surface area contributed by atoms with Crippen LogP contribution in [0.2, 0.25) is 10.0 Å². The van der Waals surface area contributed by atoms with Gasteiger partial charge in [-0.3, -0.25) is 14.6 Å². The summed E-state index contributed by atoms with van der Waals surface area (Å²) in [5, 5.41) is 7.66. The first kappa shape index (κ1) is 26.5. The second kappa shape index (κ2) is 11.6. The van der Waals surface area contributed by atoms with Crippen molar-refractivity contribution in [3.63, 3.8) is 0 Å². The molecule has 2 heterocycles. The van der Waals surface area contributed by atoms with E-state index in [2.05, 4.69) is 20.6 Å². The number of amides is 1. The summed E-state index contributed by atoms with van der Waals surface area (Å²) in [6.45, 7) is 1.26. The van der Waals surface area contributed by atoms with E-state index in [-0.39, 0.29) is 11.5 Å². The molecule has 192 valence electrons. The fourth-order valence-electron chi connectivity index (χ4n) is 3.89. The zero-order chi connectivity index (χ0) is 26.5. The number of benzene rings is 2. The largest absolute Gasteiger partial charge is 0.495 e. The van der Waals surface area contributed by atoms with Crippen molar-refractivity contribution in [3.8, 4) is 5.75 Å². The van der Waals surface area contributed by atoms with Crippen molar-refractivity contribution in [2.75, 3.05) is 39.6 Å². The molecule has 4 aromatic rings. The third kappa shape index (κ3) is 6.22. The summed E-state index contributed by atoms with van der Waals surface area (Å²) in [6, 6.07) is 14.0. The lowest BCUT2D eigenvalue weighted by Gasteiger charge is -2.16. The monoisotopic (exact) mass is 539 g/mol. The lowest BCUT2D eigenvalue weighted by Crippen LogP contribution is -2.31. The average Bonchev–Trinajstić information content (AvgIpc) is 2.86. The van der Waals surface area contributed by atoms with Gasteiger partial charge in [0.1, 0.15) is 5.75 Å². The third-order valence-corrected chi connectivity index (χ3v) is 6.49. The van der Waals surface area contributed by atoms with Gasteiger partial charge in [-0.1, -0.05) is 29.3 Å². The summed E-state index contributed by atoms with van der Waals surface area (Å²) in [5.41, 5.74) is 3.24. The number of aromatic nitrogens is 2. The van der Waals surface area contributed by atoms with Crippen LogP contribution in [0, 0.1) is 0 Å². The highest BCUT2D eigenvalue weighted by atomic mass is 35.5. The first-order chi connectivity index (χ1) is 17.8. The molecule has 0 saturated heterocycles. The number of fused-ring (bicyclic) bond motifs is 1. The fourth-order valence-corrected chi connectivity index (χ4v) is 4.43. The number of rotatable bonds is 9. The molecule has 0 bridgehead atoms. The van der Waals surface area contributed by atoms with Crippen LogP contribution in [-0.2, 0) is 6.42 Å². The van der Waals surface area contributed by atoms with Gasteiger partial charge < -0.3 is 25.3 Å². The zero-order valence-electron chi connectivity index (χ0n) is 20.7. The quantitative estimate of drug-likeness (QED) is 0.280. The summed E-state index contributed by atoms with van der Waals surface area (Å²) in [4.78, 5) is 34.7. The number of halogens is 2. The average molecular weight is 540 g/mol. The summed E-state index contributed by atoms with van der Waals surface area (Å²) < 4.78 is 5.56. The molecule has 2 aromatic heterocycles. The van der Waals surface area contributed by atoms with E-state index >= 15 is 0 Å². The van der Waals surface area contributed by atoms with Gasteiger partial charge in [0.2, 0.25) is 0 Å². The number of anilines is 2. The molecule has 0 unspecified atom stereocenters. The molecule has 0 aliphatic carbocycles. The number of likely N-dealkylation sites (N-methyl/N-ethyl adjacent to an activating group) is 1. The van der Waals surface area contributed by atoms with E-state index in [1.54, 1.807) is 54.7 Å². The number of hydrogen-bond donors (Lipinski definition) is 3. The van der Waals surface area contributed by atoms with Crippen LogP contribution in [0.1, 0.15) is 21.6 Å². The number of hydrogen-bond acceptors (Lipinski definition) is 6. The van der Waals surface area contributed by atoms with Crippen LogP contribution in [0.4, 0.5) is 11.4 Å². The summed E-state index contributed by atoms with van der Waals surface area (Å²) in [6.07, 6.45) is 1.93. The Morgan fingerprint density at radius 3 is 2.54 bits per heavy atom. The van der Waals surface area contributed by atoms with Gasteiger partial charge >= 0.3 is 0 Å². The molecule has 4 rings (SSSR count). The first-order valence-electron chi connectivity index (χ1n) is 11.6. The minimum Gasteiger partial charge on any atom is -0.495 e. The van der Waals surface area contributed by atoms with Gasteiger partial charge in [-0.05, 0) is 62.1 Å². The fraction of sp³-hybridized carbons (Fsp3) is 0.222. The van der Waals surface area contributed by atoms with Crippen LogP contribution in [-0.4, -0.2) is 55.1 Å². The normalized spacial score (nSPS) is 11.1. The Balaban J connectivity index is 1.69. The molecule has 0 radical (unpaired) electrons. The third-order valence-electron chi connectivity index (χ3n) is 5.78. The van der Waals surface area contributed by atoms with Gasteiger partial charge in [0.15, 0.2) is 0 Å². The highest BCUT2D eigenvalue weighted by molar-refractivity contribution is 6.36. The number of pyridine rings is 2. The lowest BCUT2D eigenvalue weighted by atomic mass is 10.1. The number of carbonyl (C=O) groups excluding carboxylic acids is 1. The molecule has 0 fully saturated rings. The molecule has 3 N–H and O–H groups in total. The summed E-state index contributed by atoms with van der Waals surface area (Å²) >= 11 is 12.8. The van der Waals surface area contributed by atoms with Crippen LogP contribution in [0.25, 0.3) is 10.9 Å². The zero-order valence-corrected chi connectivity index (χ0v) is 22.2. The Morgan fingerprint density at radius 2 is 1.84 bits per heavy atom. The van der Waals surface area contributed by atoms with Crippen LogP contribution in [0.3, 0.4) is 0 Å². The highest BCUT2D eigenvalue weighted by Crippen LogP contribution is 2.33. The van der Waals surface area contributed by atoms with Crippen molar-refractivity contribution >= 4 is 51.4 Å². The predicted octanol–water partition coefficient (Wildman–Crippen LogP) is 4.86. The minimum absolute atomic E-state index is 0.198. The van der Waals surface area contributed by atoms with Crippen LogP contribution in [0.15, 0.2) is 59.5 Å². The van der Waals surface area contributed by atoms with E-state index in [9.17, 15) is 9.59 Å². The Morgan fingerprint density at radius 1 is 1.08 bits per heavy atom. The van der Waals surface area contributed by atoms with Gasteiger partial charge in [0.25, 0.3) is 11.5 Å². The molecule has 0 atom stereocenters. The molecular formula is C27H27Cl2N5O3. The van der Waals surface area contributed by atoms with E-state index < -0.39 is 0 Å². The van der Waals surface area contributed by atoms with Crippen LogP contribution < -0.4 is 20.9 Å². The smallest absolute Gasteiger partial charge is 0.259 e. The molecular weight excluding hydrogens is 513 g/mol. The topological polar surface area (TPSA) is 99.3 Å². The first-order valence-corrected chi connectivity index (χ1v) is 12.3. The molecule has 0 aliphatic heterocycles. The molecule has 0 aliphatic rings. The van der Waals surface area contributed by atoms with Crippen molar-refractivity contribution in [3.05, 3.63) is 91.9 Å². The van der Waals surface area contributed by atoms with E-state index in [1.807, 2.05) is 19.0 Å². The van der Waals surface area contributed by atoms with Gasteiger partial charge in [0, 0.05) is 47.0 Å². The van der Waals surface area contributed by atoms with E-state index in [1.165, 1.54) is 7.11 Å². The van der Waals surface area contributed by atoms with Crippen LogP contribution >= 0.6 is 23.2 Å². The van der Waals surface area contributed by atoms with Gasteiger partial charge in [-0.2, -0.15) is 0 Å². The van der Waals surface area contributed by atoms with Crippen molar-refractivity contribution in [1.82, 2.24) is 20.2 Å². The minimum atomic E-state index is -0.286. The number of H-pyrrole nitrogens is 1. The highest BCUT2D eigenvalue weighted by Gasteiger charge is 2.16. The molecule has 2 aromatic carbocycles. The number of nitrogens with zero attached hydrogens (tertiary/aromatic N) is 2. The SMILES string of the molecule is COc1cc(C(=O)NCCN(C)C)ccc1Nc1cc(Cc2c(Cl)cccc2Cl)nc2cc[nH]c(=O)c12. The van der Waals surface area contributed by atoms with Crippen molar-refractivity contribution in [2.24, 2.45) is 0 Å². The maximum absolute atomic E-state index is 12.7. The molecule has 10 heteroatoms. The molecule has 8 nitrogen and oxygen atoms in total. The molecule has 0 spiro atoms. The van der Waals surface area contributed by atoms with Gasteiger partial charge in [-0.15, -0.1) is 0 Å². The standard InChI is InChI=1S/C27H27Cl2N5O3/c1-34(2)12-11-31-26(35)16-7-8-21(24(13-16)37-3)33-23-15-17(14-18-19(28)5-4-6-20(18)29)32-22-9-10-30-27(36)25(22)23/h4-10,13,15H,11-12,14H2,1-3H3,(H,30,36)(H,31,35)(H,32,33). The van der Waals surface area contributed by atoms with Gasteiger partial charge in [-0.25, -0.2) is 0 Å². The Kier molecular flexibility index (Phi) is 8.33. The van der Waals surface area contributed by atoms with Crippen molar-refractivity contribution in [1.29, 1.82) is 0 Å². The second-order valence-electron chi connectivity index (χ2n) is 8.70. The Bertz CT molecular complexity index is 1480. The Labute approximate surface area is 224 Å². The maximum atomic E-state index is 12.7. The number of aromatic amines is 1. The lowest BCUT2D eigenvalue weighted by molar-refractivity contribution is 0.0950. The number of methoxy groups -OCH3 is 1.